The van der Waals surface area contributed by atoms with Gasteiger partial charge < -0.3 is 15.6 Å². The Morgan fingerprint density at radius 1 is 1.39 bits per heavy atom. The molecule has 100 valence electrons. The van der Waals surface area contributed by atoms with Crippen molar-refractivity contribution >= 4 is 12.4 Å². The van der Waals surface area contributed by atoms with Crippen molar-refractivity contribution in [1.29, 1.82) is 5.26 Å². The van der Waals surface area contributed by atoms with Crippen LogP contribution in [-0.4, -0.2) is 12.2 Å². The van der Waals surface area contributed by atoms with Crippen molar-refractivity contribution in [3.05, 3.63) is 23.3 Å². The molecule has 0 unspecified atom stereocenters. The molecule has 1 atom stereocenters. The fourth-order valence-electron chi connectivity index (χ4n) is 1.60. The number of methoxy groups -OCH3 is 1. The third-order valence-corrected chi connectivity index (χ3v) is 2.76. The summed E-state index contributed by atoms with van der Waals surface area (Å²) in [6.45, 7) is 5.87. The smallest absolute Gasteiger partial charge is 0.163 e. The molecule has 0 aliphatic rings. The molecule has 0 aliphatic heterocycles. The van der Waals surface area contributed by atoms with E-state index in [2.05, 4.69) is 0 Å². The van der Waals surface area contributed by atoms with E-state index in [1.807, 2.05) is 26.8 Å². The van der Waals surface area contributed by atoms with Crippen LogP contribution in [-0.2, 0) is 0 Å². The Kier molecular flexibility index (Phi) is 5.47. The standard InChI is InChI=1S/C13H18N2O2.ClH/c1-13(2,3)12(15)10-8(7-14)5-6-9(17-4)11(10)16;/h5-6,12,16H,15H2,1-4H3;1H/t12-;/m1./s1. The van der Waals surface area contributed by atoms with Gasteiger partial charge in [-0.1, -0.05) is 20.8 Å². The van der Waals surface area contributed by atoms with E-state index >= 15 is 0 Å². The normalized spacial score (nSPS) is 12.2. The van der Waals surface area contributed by atoms with Crippen molar-refractivity contribution < 1.29 is 9.84 Å². The van der Waals surface area contributed by atoms with Gasteiger partial charge in [-0.2, -0.15) is 5.26 Å². The average Bonchev–Trinajstić information content (AvgIpc) is 2.26. The van der Waals surface area contributed by atoms with Crippen LogP contribution >= 0.6 is 12.4 Å². The molecular formula is C13H19ClN2O2. The van der Waals surface area contributed by atoms with Gasteiger partial charge in [-0.25, -0.2) is 0 Å². The van der Waals surface area contributed by atoms with Crippen LogP contribution in [0.25, 0.3) is 0 Å². The van der Waals surface area contributed by atoms with Gasteiger partial charge in [-0.15, -0.1) is 12.4 Å². The molecule has 0 saturated carbocycles. The van der Waals surface area contributed by atoms with Gasteiger partial charge in [0.05, 0.1) is 18.7 Å². The lowest BCUT2D eigenvalue weighted by atomic mass is 9.81. The molecule has 0 spiro atoms. The number of hydrogen-bond acceptors (Lipinski definition) is 4. The number of rotatable bonds is 2. The molecule has 5 heteroatoms. The predicted molar refractivity (Wildman–Crippen MR) is 73.0 cm³/mol. The number of aromatic hydroxyl groups is 1. The minimum Gasteiger partial charge on any atom is -0.504 e. The first kappa shape index (κ1) is 16.6. The van der Waals surface area contributed by atoms with Crippen LogP contribution in [0.5, 0.6) is 11.5 Å². The number of nitrogens with zero attached hydrogens (tertiary/aromatic N) is 1. The molecule has 0 radical (unpaired) electrons. The van der Waals surface area contributed by atoms with Crippen molar-refractivity contribution in [2.45, 2.75) is 26.8 Å². The highest BCUT2D eigenvalue weighted by Crippen LogP contribution is 2.41. The third kappa shape index (κ3) is 3.06. The van der Waals surface area contributed by atoms with Crippen molar-refractivity contribution in [2.24, 2.45) is 11.1 Å². The third-order valence-electron chi connectivity index (χ3n) is 2.76. The van der Waals surface area contributed by atoms with Gasteiger partial charge in [-0.05, 0) is 17.5 Å². The van der Waals surface area contributed by atoms with Gasteiger partial charge in [0.1, 0.15) is 0 Å². The van der Waals surface area contributed by atoms with Crippen LogP contribution in [0.3, 0.4) is 0 Å². The van der Waals surface area contributed by atoms with Gasteiger partial charge in [0, 0.05) is 11.6 Å². The summed E-state index contributed by atoms with van der Waals surface area (Å²) in [4.78, 5) is 0. The van der Waals surface area contributed by atoms with E-state index in [-0.39, 0.29) is 23.6 Å². The average molecular weight is 271 g/mol. The second-order valence-electron chi connectivity index (χ2n) is 5.03. The second kappa shape index (κ2) is 5.94. The van der Waals surface area contributed by atoms with Crippen molar-refractivity contribution in [3.8, 4) is 17.6 Å². The first-order valence-corrected chi connectivity index (χ1v) is 5.38. The first-order valence-electron chi connectivity index (χ1n) is 5.38. The summed E-state index contributed by atoms with van der Waals surface area (Å²) in [5.41, 5.74) is 6.68. The van der Waals surface area contributed by atoms with Crippen molar-refractivity contribution in [1.82, 2.24) is 0 Å². The molecule has 0 bridgehead atoms. The molecule has 1 rings (SSSR count). The van der Waals surface area contributed by atoms with Crippen LogP contribution in [0.1, 0.15) is 37.9 Å². The number of benzene rings is 1. The van der Waals surface area contributed by atoms with Crippen LogP contribution in [0.2, 0.25) is 0 Å². The number of phenols is 1. The Hall–Kier alpha value is -1.44. The van der Waals surface area contributed by atoms with E-state index < -0.39 is 6.04 Å². The van der Waals surface area contributed by atoms with Gasteiger partial charge in [0.2, 0.25) is 0 Å². The molecule has 0 aromatic heterocycles. The maximum atomic E-state index is 10.1. The Labute approximate surface area is 114 Å². The maximum Gasteiger partial charge on any atom is 0.163 e. The van der Waals surface area contributed by atoms with E-state index in [0.29, 0.717) is 16.9 Å². The molecule has 0 saturated heterocycles. The lowest BCUT2D eigenvalue weighted by molar-refractivity contribution is 0.310. The molecular weight excluding hydrogens is 252 g/mol. The minimum absolute atomic E-state index is 0. The highest BCUT2D eigenvalue weighted by Gasteiger charge is 2.28. The highest BCUT2D eigenvalue weighted by atomic mass is 35.5. The van der Waals surface area contributed by atoms with Gasteiger partial charge in [0.15, 0.2) is 11.5 Å². The fraction of sp³-hybridized carbons (Fsp3) is 0.462. The molecule has 1 aromatic carbocycles. The van der Waals surface area contributed by atoms with E-state index in [0.717, 1.165) is 0 Å². The summed E-state index contributed by atoms with van der Waals surface area (Å²) >= 11 is 0. The zero-order valence-corrected chi connectivity index (χ0v) is 11.8. The number of hydrogen-bond donors (Lipinski definition) is 2. The second-order valence-corrected chi connectivity index (χ2v) is 5.03. The van der Waals surface area contributed by atoms with Crippen LogP contribution < -0.4 is 10.5 Å². The summed E-state index contributed by atoms with van der Waals surface area (Å²) in [6.07, 6.45) is 0. The summed E-state index contributed by atoms with van der Waals surface area (Å²) in [5.74, 6) is 0.285. The van der Waals surface area contributed by atoms with E-state index in [1.54, 1.807) is 12.1 Å². The molecule has 0 heterocycles. The number of nitriles is 1. The molecule has 4 nitrogen and oxygen atoms in total. The summed E-state index contributed by atoms with van der Waals surface area (Å²) in [6, 6.07) is 4.78. The SMILES string of the molecule is COc1ccc(C#N)c([C@@H](N)C(C)(C)C)c1O.Cl. The fourth-order valence-corrected chi connectivity index (χ4v) is 1.60. The summed E-state index contributed by atoms with van der Waals surface area (Å²) in [7, 11) is 1.47. The first-order chi connectivity index (χ1) is 7.82. The van der Waals surface area contributed by atoms with Crippen LogP contribution in [0.4, 0.5) is 0 Å². The Balaban J connectivity index is 0.00000289. The molecule has 18 heavy (non-hydrogen) atoms. The number of phenolic OH excluding ortho intramolecular Hbond substituents is 1. The Bertz CT molecular complexity index is 461. The molecule has 0 aliphatic carbocycles. The minimum atomic E-state index is -0.438. The topological polar surface area (TPSA) is 79.3 Å². The number of ether oxygens (including phenoxy) is 1. The number of halogens is 1. The monoisotopic (exact) mass is 270 g/mol. The number of nitrogens with two attached hydrogens (primary N) is 1. The Morgan fingerprint density at radius 3 is 2.33 bits per heavy atom. The molecule has 3 N–H and O–H groups in total. The molecule has 0 fully saturated rings. The lowest BCUT2D eigenvalue weighted by Gasteiger charge is -2.29. The van der Waals surface area contributed by atoms with E-state index in [4.69, 9.17) is 15.7 Å². The van der Waals surface area contributed by atoms with Crippen molar-refractivity contribution in [2.75, 3.05) is 7.11 Å². The maximum absolute atomic E-state index is 10.1. The molecule has 0 amide bonds. The van der Waals surface area contributed by atoms with Crippen molar-refractivity contribution in [3.63, 3.8) is 0 Å². The van der Waals surface area contributed by atoms with E-state index in [1.165, 1.54) is 7.11 Å². The van der Waals surface area contributed by atoms with Crippen LogP contribution in [0.15, 0.2) is 12.1 Å². The largest absolute Gasteiger partial charge is 0.504 e. The van der Waals surface area contributed by atoms with Gasteiger partial charge in [-0.3, -0.25) is 0 Å². The molecule has 1 aromatic rings. The van der Waals surface area contributed by atoms with Gasteiger partial charge >= 0.3 is 0 Å². The highest BCUT2D eigenvalue weighted by molar-refractivity contribution is 5.85. The lowest BCUT2D eigenvalue weighted by Crippen LogP contribution is -2.27. The van der Waals surface area contributed by atoms with E-state index in [9.17, 15) is 5.11 Å². The quantitative estimate of drug-likeness (QED) is 0.866. The van der Waals surface area contributed by atoms with Gasteiger partial charge in [0.25, 0.3) is 0 Å². The Morgan fingerprint density at radius 2 is 1.94 bits per heavy atom. The zero-order valence-electron chi connectivity index (χ0n) is 11.0. The summed E-state index contributed by atoms with van der Waals surface area (Å²) < 4.78 is 5.03. The summed E-state index contributed by atoms with van der Waals surface area (Å²) in [5, 5.41) is 19.1. The zero-order chi connectivity index (χ0) is 13.2. The predicted octanol–water partition coefficient (Wildman–Crippen LogP) is 2.74. The van der Waals surface area contributed by atoms with Crippen LogP contribution in [0, 0.1) is 16.7 Å².